The summed E-state index contributed by atoms with van der Waals surface area (Å²) in [5, 5.41) is 5.96. The number of imidazole rings is 1. The Kier molecular flexibility index (Phi) is 3.37. The fourth-order valence-electron chi connectivity index (χ4n) is 1.81. The lowest BCUT2D eigenvalue weighted by Gasteiger charge is -2.04. The molecule has 0 radical (unpaired) electrons. The van der Waals surface area contributed by atoms with E-state index in [9.17, 15) is 9.59 Å². The Balaban J connectivity index is 2.57. The second-order valence-electron chi connectivity index (χ2n) is 4.15. The van der Waals surface area contributed by atoms with Gasteiger partial charge in [0.1, 0.15) is 6.54 Å². The van der Waals surface area contributed by atoms with Crippen molar-refractivity contribution in [3.05, 3.63) is 27.2 Å². The van der Waals surface area contributed by atoms with E-state index in [4.69, 9.17) is 11.5 Å². The number of hydrogen-bond donors (Lipinski definition) is 3. The van der Waals surface area contributed by atoms with Gasteiger partial charge in [-0.25, -0.2) is 14.3 Å². The van der Waals surface area contributed by atoms with E-state index in [1.165, 1.54) is 17.1 Å². The van der Waals surface area contributed by atoms with Crippen molar-refractivity contribution in [2.24, 2.45) is 30.7 Å². The zero-order valence-electron chi connectivity index (χ0n) is 11.1. The highest BCUT2D eigenvalue weighted by Crippen LogP contribution is 2.02. The Morgan fingerprint density at radius 1 is 1.45 bits per heavy atom. The summed E-state index contributed by atoms with van der Waals surface area (Å²) in [4.78, 5) is 28.4. The van der Waals surface area contributed by atoms with Gasteiger partial charge in [0, 0.05) is 19.2 Å². The first kappa shape index (κ1) is 13.5. The third kappa shape index (κ3) is 2.18. The second-order valence-corrected chi connectivity index (χ2v) is 4.15. The molecule has 2 aromatic heterocycles. The molecule has 0 aliphatic carbocycles. The molecule has 2 heterocycles. The monoisotopic (exact) mass is 279 g/mol. The van der Waals surface area contributed by atoms with E-state index in [-0.39, 0.29) is 12.5 Å². The first-order valence-electron chi connectivity index (χ1n) is 5.70. The maximum Gasteiger partial charge on any atom is 0.332 e. The van der Waals surface area contributed by atoms with Crippen LogP contribution in [-0.2, 0) is 20.6 Å². The lowest BCUT2D eigenvalue weighted by Crippen LogP contribution is -2.64. The standard InChI is InChI=1S/C10H14N8O2/c1-16-5-13-7-6(16)8(19)18(10(20)17(7)2)4-3-14-15-9(11)12/h3,5H,4H2,1-2H3,(H4,11,12,15)/p+1/b14-3+. The van der Waals surface area contributed by atoms with Crippen molar-refractivity contribution in [3.8, 4) is 0 Å². The number of rotatable bonds is 3. The fraction of sp³-hybridized carbons (Fsp3) is 0.300. The topological polar surface area (TPSA) is 140 Å². The van der Waals surface area contributed by atoms with Crippen molar-refractivity contribution in [1.29, 1.82) is 0 Å². The first-order chi connectivity index (χ1) is 9.43. The van der Waals surface area contributed by atoms with Crippen molar-refractivity contribution in [2.75, 3.05) is 0 Å². The third-order valence-electron chi connectivity index (χ3n) is 2.76. The molecule has 0 atom stereocenters. The second kappa shape index (κ2) is 4.99. The first-order valence-corrected chi connectivity index (χ1v) is 5.70. The van der Waals surface area contributed by atoms with Crippen LogP contribution in [0.1, 0.15) is 0 Å². The van der Waals surface area contributed by atoms with Crippen LogP contribution in [0.2, 0.25) is 0 Å². The molecule has 5 N–H and O–H groups in total. The molecule has 10 heteroatoms. The lowest BCUT2D eigenvalue weighted by molar-refractivity contribution is -0.458. The quantitative estimate of drug-likeness (QED) is 0.297. The van der Waals surface area contributed by atoms with Crippen molar-refractivity contribution < 1.29 is 5.10 Å². The molecule has 0 saturated carbocycles. The van der Waals surface area contributed by atoms with E-state index in [0.29, 0.717) is 11.2 Å². The van der Waals surface area contributed by atoms with Gasteiger partial charge >= 0.3 is 5.69 Å². The lowest BCUT2D eigenvalue weighted by atomic mass is 10.5. The highest BCUT2D eigenvalue weighted by molar-refractivity contribution is 5.75. The van der Waals surface area contributed by atoms with Gasteiger partial charge in [-0.05, 0) is 0 Å². The van der Waals surface area contributed by atoms with E-state index >= 15 is 0 Å². The number of hydrazone groups is 1. The smallest absolute Gasteiger partial charge is 0.332 e. The molecule has 0 aliphatic rings. The highest BCUT2D eigenvalue weighted by Gasteiger charge is 2.14. The van der Waals surface area contributed by atoms with E-state index < -0.39 is 11.2 Å². The molecule has 0 amide bonds. The van der Waals surface area contributed by atoms with Crippen LogP contribution >= 0.6 is 0 Å². The van der Waals surface area contributed by atoms with Gasteiger partial charge in [0.25, 0.3) is 11.5 Å². The van der Waals surface area contributed by atoms with Gasteiger partial charge in [0.05, 0.1) is 6.33 Å². The van der Waals surface area contributed by atoms with E-state index in [1.54, 1.807) is 18.7 Å². The third-order valence-corrected chi connectivity index (χ3v) is 2.76. The van der Waals surface area contributed by atoms with Crippen molar-refractivity contribution >= 4 is 23.3 Å². The Hall–Kier alpha value is -2.91. The summed E-state index contributed by atoms with van der Waals surface area (Å²) in [6.07, 6.45) is 2.88. The molecule has 106 valence electrons. The Labute approximate surface area is 112 Å². The summed E-state index contributed by atoms with van der Waals surface area (Å²) in [6, 6.07) is 0. The number of aryl methyl sites for hydroxylation is 2. The van der Waals surface area contributed by atoms with E-state index in [0.717, 1.165) is 4.57 Å². The zero-order valence-corrected chi connectivity index (χ0v) is 11.1. The van der Waals surface area contributed by atoms with Gasteiger partial charge in [0.15, 0.2) is 17.4 Å². The molecule has 0 unspecified atom stereocenters. The average Bonchev–Trinajstić information content (AvgIpc) is 2.77. The number of nitrogens with two attached hydrogens (primary N) is 2. The molecule has 2 rings (SSSR count). The average molecular weight is 279 g/mol. The zero-order chi connectivity index (χ0) is 14.9. The van der Waals surface area contributed by atoms with Crippen molar-refractivity contribution in [1.82, 2.24) is 18.7 Å². The van der Waals surface area contributed by atoms with Crippen LogP contribution in [0, 0.1) is 0 Å². The Morgan fingerprint density at radius 2 is 2.15 bits per heavy atom. The minimum Gasteiger partial charge on any atom is -0.365 e. The molecule has 10 nitrogen and oxygen atoms in total. The number of aromatic nitrogens is 4. The minimum absolute atomic E-state index is 0.0173. The molecular formula is C10H15N8O2+. The van der Waals surface area contributed by atoms with Crippen LogP contribution in [0.25, 0.3) is 11.2 Å². The van der Waals surface area contributed by atoms with Crippen LogP contribution in [0.5, 0.6) is 0 Å². The Morgan fingerprint density at radius 3 is 2.80 bits per heavy atom. The molecular weight excluding hydrogens is 264 g/mol. The molecule has 0 fully saturated rings. The molecule has 0 bridgehead atoms. The van der Waals surface area contributed by atoms with Crippen LogP contribution in [0.15, 0.2) is 21.0 Å². The summed E-state index contributed by atoms with van der Waals surface area (Å²) in [6.45, 7) is 0.0173. The minimum atomic E-state index is -0.469. The largest absolute Gasteiger partial charge is 0.365 e. The molecule has 0 aromatic carbocycles. The van der Waals surface area contributed by atoms with Gasteiger partial charge < -0.3 is 16.0 Å². The number of nitrogens with zero attached hydrogens (tertiary/aromatic N) is 5. The van der Waals surface area contributed by atoms with Gasteiger partial charge in [-0.15, -0.1) is 5.10 Å². The molecule has 20 heavy (non-hydrogen) atoms. The summed E-state index contributed by atoms with van der Waals surface area (Å²) in [7, 11) is 3.24. The number of guanidine groups is 1. The maximum atomic E-state index is 12.3. The van der Waals surface area contributed by atoms with Crippen LogP contribution in [-0.4, -0.2) is 30.9 Å². The molecule has 0 saturated heterocycles. The highest BCUT2D eigenvalue weighted by atomic mass is 16.2. The summed E-state index contributed by atoms with van der Waals surface area (Å²) in [5.74, 6) is -0.149. The van der Waals surface area contributed by atoms with Gasteiger partial charge in [-0.2, -0.15) is 0 Å². The molecule has 0 aliphatic heterocycles. The van der Waals surface area contributed by atoms with Gasteiger partial charge in [-0.1, -0.05) is 0 Å². The van der Waals surface area contributed by atoms with Crippen molar-refractivity contribution in [2.45, 2.75) is 6.54 Å². The Bertz CT molecular complexity index is 818. The van der Waals surface area contributed by atoms with E-state index in [1.807, 2.05) is 0 Å². The normalized spacial score (nSPS) is 11.3. The summed E-state index contributed by atoms with van der Waals surface area (Å²) in [5.41, 5.74) is 10.1. The van der Waals surface area contributed by atoms with Gasteiger partial charge in [0.2, 0.25) is 0 Å². The van der Waals surface area contributed by atoms with Crippen LogP contribution in [0.3, 0.4) is 0 Å². The number of fused-ring (bicyclic) bond motifs is 1. The molecule has 0 spiro atoms. The van der Waals surface area contributed by atoms with Crippen LogP contribution in [0.4, 0.5) is 0 Å². The predicted molar refractivity (Wildman–Crippen MR) is 73.1 cm³/mol. The molecule has 2 aromatic rings. The summed E-state index contributed by atoms with van der Waals surface area (Å²) < 4.78 is 3.93. The van der Waals surface area contributed by atoms with Crippen molar-refractivity contribution in [3.63, 3.8) is 0 Å². The van der Waals surface area contributed by atoms with E-state index in [2.05, 4.69) is 15.2 Å². The number of hydrogen-bond acceptors (Lipinski definition) is 4. The van der Waals surface area contributed by atoms with Gasteiger partial charge in [-0.3, -0.25) is 9.36 Å². The van der Waals surface area contributed by atoms with Crippen LogP contribution < -0.4 is 27.8 Å². The maximum absolute atomic E-state index is 12.3. The SMILES string of the molecule is Cn1cnc2c1c(=O)n(C/C=[NH+]/N=C(N)N)c(=O)n2C. The predicted octanol–water partition coefficient (Wildman–Crippen LogP) is -4.23. The number of nitrogens with one attached hydrogen (secondary N) is 1. The summed E-state index contributed by atoms with van der Waals surface area (Å²) >= 11 is 0. The fourth-order valence-corrected chi connectivity index (χ4v) is 1.81.